The minimum Gasteiger partial charge on any atom is -0.466 e. The topological polar surface area (TPSA) is 68.1 Å². The summed E-state index contributed by atoms with van der Waals surface area (Å²) < 4.78 is 18.3. The van der Waals surface area contributed by atoms with Crippen LogP contribution in [0, 0.1) is 5.82 Å². The molecule has 0 aliphatic carbocycles. The highest BCUT2D eigenvalue weighted by molar-refractivity contribution is 5.89. The average molecular weight is 264 g/mol. The fraction of sp³-hybridized carbons (Fsp3) is 0.357. The molecule has 0 aliphatic rings. The molecule has 5 heteroatoms. The molecule has 1 unspecified atom stereocenters. The highest BCUT2D eigenvalue weighted by Gasteiger charge is 2.18. The van der Waals surface area contributed by atoms with Crippen molar-refractivity contribution in [3.05, 3.63) is 35.3 Å². The molecule has 1 atom stereocenters. The monoisotopic (exact) mass is 264 g/mol. The van der Waals surface area contributed by atoms with Crippen molar-refractivity contribution in [1.29, 1.82) is 0 Å². The molecule has 2 rings (SSSR count). The quantitative estimate of drug-likeness (QED) is 0.833. The van der Waals surface area contributed by atoms with Crippen LogP contribution in [0.25, 0.3) is 10.9 Å². The van der Waals surface area contributed by atoms with Crippen LogP contribution in [-0.2, 0) is 16.0 Å². The van der Waals surface area contributed by atoms with Gasteiger partial charge in [-0.3, -0.25) is 4.79 Å². The number of halogens is 1. The summed E-state index contributed by atoms with van der Waals surface area (Å²) in [5.41, 5.74) is 8.12. The van der Waals surface area contributed by atoms with Crippen LogP contribution in [0.4, 0.5) is 4.39 Å². The van der Waals surface area contributed by atoms with Crippen molar-refractivity contribution < 1.29 is 13.9 Å². The van der Waals surface area contributed by atoms with Gasteiger partial charge in [-0.2, -0.15) is 0 Å². The summed E-state index contributed by atoms with van der Waals surface area (Å²) >= 11 is 0. The predicted octanol–water partition coefficient (Wildman–Crippen LogP) is 2.43. The van der Waals surface area contributed by atoms with Crippen LogP contribution >= 0.6 is 0 Å². The second kappa shape index (κ2) is 5.40. The number of H-pyrrole nitrogens is 1. The Morgan fingerprint density at radius 1 is 1.53 bits per heavy atom. The number of rotatable bonds is 4. The number of aromatic nitrogens is 1. The van der Waals surface area contributed by atoms with E-state index in [0.29, 0.717) is 17.6 Å². The second-order valence-electron chi connectivity index (χ2n) is 4.48. The number of hydrogen-bond acceptors (Lipinski definition) is 3. The van der Waals surface area contributed by atoms with Gasteiger partial charge in [-0.15, -0.1) is 0 Å². The van der Waals surface area contributed by atoms with Crippen LogP contribution in [0.5, 0.6) is 0 Å². The molecule has 0 aliphatic heterocycles. The summed E-state index contributed by atoms with van der Waals surface area (Å²) in [4.78, 5) is 14.8. The fourth-order valence-corrected chi connectivity index (χ4v) is 2.18. The normalized spacial score (nSPS) is 12.6. The van der Waals surface area contributed by atoms with Gasteiger partial charge >= 0.3 is 5.97 Å². The number of ether oxygens (including phenoxy) is 1. The molecule has 0 amide bonds. The maximum absolute atomic E-state index is 13.4. The van der Waals surface area contributed by atoms with Crippen molar-refractivity contribution in [2.45, 2.75) is 26.3 Å². The largest absolute Gasteiger partial charge is 0.466 e. The molecule has 1 aromatic carbocycles. The van der Waals surface area contributed by atoms with Gasteiger partial charge in [0.25, 0.3) is 0 Å². The third kappa shape index (κ3) is 2.76. The number of nitrogens with one attached hydrogen (secondary N) is 1. The molecule has 4 nitrogen and oxygen atoms in total. The zero-order chi connectivity index (χ0) is 14.0. The Hall–Kier alpha value is -1.88. The molecule has 0 spiro atoms. The Bertz CT molecular complexity index is 605. The first kappa shape index (κ1) is 13.5. The van der Waals surface area contributed by atoms with Crippen molar-refractivity contribution in [2.75, 3.05) is 6.61 Å². The number of carbonyl (C=O) groups is 1. The lowest BCUT2D eigenvalue weighted by Gasteiger charge is -2.07. The molecule has 19 heavy (non-hydrogen) atoms. The van der Waals surface area contributed by atoms with Crippen LogP contribution in [0.1, 0.15) is 31.1 Å². The Balaban J connectivity index is 2.50. The molecule has 0 bridgehead atoms. The number of esters is 1. The van der Waals surface area contributed by atoms with Gasteiger partial charge in [0.1, 0.15) is 5.82 Å². The van der Waals surface area contributed by atoms with E-state index in [1.54, 1.807) is 13.0 Å². The van der Waals surface area contributed by atoms with Gasteiger partial charge in [-0.05, 0) is 37.6 Å². The van der Waals surface area contributed by atoms with E-state index in [-0.39, 0.29) is 24.2 Å². The SMILES string of the molecule is CCOC(=O)Cc1c(C(C)N)[nH]c2ccc(F)cc12. The Kier molecular flexibility index (Phi) is 3.85. The number of aromatic amines is 1. The highest BCUT2D eigenvalue weighted by Crippen LogP contribution is 2.27. The zero-order valence-electron chi connectivity index (χ0n) is 11.0. The van der Waals surface area contributed by atoms with Crippen molar-refractivity contribution in [2.24, 2.45) is 5.73 Å². The summed E-state index contributed by atoms with van der Waals surface area (Å²) in [6.45, 7) is 3.89. The molecule has 0 saturated carbocycles. The standard InChI is InChI=1S/C14H17FN2O2/c1-3-19-13(18)7-11-10-6-9(15)4-5-12(10)17-14(11)8(2)16/h4-6,8,17H,3,7,16H2,1-2H3. The molecular weight excluding hydrogens is 247 g/mol. The second-order valence-corrected chi connectivity index (χ2v) is 4.48. The van der Waals surface area contributed by atoms with Gasteiger partial charge in [0, 0.05) is 22.6 Å². The van der Waals surface area contributed by atoms with Crippen LogP contribution < -0.4 is 5.73 Å². The average Bonchev–Trinajstić information content (AvgIpc) is 2.68. The Morgan fingerprint density at radius 3 is 2.89 bits per heavy atom. The number of carbonyl (C=O) groups excluding carboxylic acids is 1. The number of benzene rings is 1. The van der Waals surface area contributed by atoms with E-state index in [2.05, 4.69) is 4.98 Å². The zero-order valence-corrected chi connectivity index (χ0v) is 11.0. The molecule has 2 aromatic rings. The molecule has 0 radical (unpaired) electrons. The van der Waals surface area contributed by atoms with E-state index in [0.717, 1.165) is 11.2 Å². The van der Waals surface area contributed by atoms with Crippen molar-refractivity contribution in [1.82, 2.24) is 4.98 Å². The molecular formula is C14H17FN2O2. The van der Waals surface area contributed by atoms with Crippen molar-refractivity contribution in [3.8, 4) is 0 Å². The third-order valence-electron chi connectivity index (χ3n) is 2.98. The first-order valence-corrected chi connectivity index (χ1v) is 6.24. The number of hydrogen-bond donors (Lipinski definition) is 2. The van der Waals surface area contributed by atoms with Gasteiger partial charge < -0.3 is 15.5 Å². The van der Waals surface area contributed by atoms with Crippen LogP contribution in [0.15, 0.2) is 18.2 Å². The number of nitrogens with two attached hydrogens (primary N) is 1. The Labute approximate surface area is 110 Å². The van der Waals surface area contributed by atoms with Gasteiger partial charge in [0.05, 0.1) is 13.0 Å². The minimum atomic E-state index is -0.340. The van der Waals surface area contributed by atoms with E-state index in [4.69, 9.17) is 10.5 Å². The van der Waals surface area contributed by atoms with Crippen LogP contribution in [-0.4, -0.2) is 17.6 Å². The molecule has 0 saturated heterocycles. The lowest BCUT2D eigenvalue weighted by molar-refractivity contribution is -0.142. The maximum atomic E-state index is 13.4. The molecule has 1 heterocycles. The molecule has 0 fully saturated rings. The summed E-state index contributed by atoms with van der Waals surface area (Å²) in [5.74, 6) is -0.678. The van der Waals surface area contributed by atoms with E-state index in [1.165, 1.54) is 12.1 Å². The predicted molar refractivity (Wildman–Crippen MR) is 71.2 cm³/mol. The third-order valence-corrected chi connectivity index (χ3v) is 2.98. The van der Waals surface area contributed by atoms with E-state index in [9.17, 15) is 9.18 Å². The van der Waals surface area contributed by atoms with E-state index >= 15 is 0 Å². The Morgan fingerprint density at radius 2 is 2.26 bits per heavy atom. The first-order valence-electron chi connectivity index (χ1n) is 6.24. The van der Waals surface area contributed by atoms with Crippen molar-refractivity contribution >= 4 is 16.9 Å². The summed E-state index contributed by atoms with van der Waals surface area (Å²) in [6.07, 6.45) is 0.0914. The summed E-state index contributed by atoms with van der Waals surface area (Å²) in [6, 6.07) is 4.16. The van der Waals surface area contributed by atoms with Crippen LogP contribution in [0.3, 0.4) is 0 Å². The van der Waals surface area contributed by atoms with Gasteiger partial charge in [0.15, 0.2) is 0 Å². The maximum Gasteiger partial charge on any atom is 0.310 e. The van der Waals surface area contributed by atoms with Gasteiger partial charge in [-0.1, -0.05) is 0 Å². The van der Waals surface area contributed by atoms with E-state index < -0.39 is 0 Å². The molecule has 1 aromatic heterocycles. The van der Waals surface area contributed by atoms with Gasteiger partial charge in [-0.25, -0.2) is 4.39 Å². The van der Waals surface area contributed by atoms with Crippen molar-refractivity contribution in [3.63, 3.8) is 0 Å². The van der Waals surface area contributed by atoms with Crippen LogP contribution in [0.2, 0.25) is 0 Å². The first-order chi connectivity index (χ1) is 9.02. The number of fused-ring (bicyclic) bond motifs is 1. The molecule has 3 N–H and O–H groups in total. The van der Waals surface area contributed by atoms with Gasteiger partial charge in [0.2, 0.25) is 0 Å². The minimum absolute atomic E-state index is 0.0914. The lowest BCUT2D eigenvalue weighted by atomic mass is 10.0. The lowest BCUT2D eigenvalue weighted by Crippen LogP contribution is -2.12. The molecule has 102 valence electrons. The van der Waals surface area contributed by atoms with E-state index in [1.807, 2.05) is 6.92 Å². The highest BCUT2D eigenvalue weighted by atomic mass is 19.1. The smallest absolute Gasteiger partial charge is 0.310 e. The summed E-state index contributed by atoms with van der Waals surface area (Å²) in [5, 5.41) is 0.681. The fourth-order valence-electron chi connectivity index (χ4n) is 2.18. The summed E-state index contributed by atoms with van der Waals surface area (Å²) in [7, 11) is 0.